The molecule has 0 unspecified atom stereocenters. The van der Waals surface area contributed by atoms with Crippen molar-refractivity contribution in [3.05, 3.63) is 89.9 Å². The SMILES string of the molecule is COc1ccc(NC(=S)NCC(=O)NCC(=O)N[C@@H](Cc2ccccc2)C(=O)N2CCC[C@H]2C(=O)N2CCC(c3noc4cc(F)ccc34)CC2)cc1. The third-order valence-electron chi connectivity index (χ3n) is 9.60. The first-order chi connectivity index (χ1) is 25.7. The summed E-state index contributed by atoms with van der Waals surface area (Å²) >= 11 is 5.26. The van der Waals surface area contributed by atoms with Gasteiger partial charge in [0.1, 0.15) is 23.7 Å². The highest BCUT2D eigenvalue weighted by Gasteiger charge is 2.40. The van der Waals surface area contributed by atoms with Crippen LogP contribution < -0.4 is 26.0 Å². The van der Waals surface area contributed by atoms with E-state index < -0.39 is 29.7 Å². The Balaban J connectivity index is 1.02. The number of nitrogens with one attached hydrogen (secondary N) is 4. The molecule has 4 N–H and O–H groups in total. The predicted octanol–water partition coefficient (Wildman–Crippen LogP) is 3.50. The van der Waals surface area contributed by atoms with Crippen molar-refractivity contribution in [1.82, 2.24) is 30.9 Å². The van der Waals surface area contributed by atoms with Gasteiger partial charge in [-0.15, -0.1) is 0 Å². The van der Waals surface area contributed by atoms with Crippen molar-refractivity contribution in [2.75, 3.05) is 45.2 Å². The van der Waals surface area contributed by atoms with Gasteiger partial charge in [-0.05, 0) is 79.9 Å². The average Bonchev–Trinajstić information content (AvgIpc) is 3.84. The van der Waals surface area contributed by atoms with Gasteiger partial charge in [-0.1, -0.05) is 35.5 Å². The Morgan fingerprint density at radius 2 is 1.68 bits per heavy atom. The van der Waals surface area contributed by atoms with Gasteiger partial charge in [0.2, 0.25) is 23.6 Å². The summed E-state index contributed by atoms with van der Waals surface area (Å²) in [5.74, 6) is -1.12. The van der Waals surface area contributed by atoms with Crippen LogP contribution in [0.15, 0.2) is 77.3 Å². The molecule has 0 saturated carbocycles. The van der Waals surface area contributed by atoms with E-state index in [1.54, 1.807) is 47.2 Å². The third kappa shape index (κ3) is 9.46. The summed E-state index contributed by atoms with van der Waals surface area (Å²) in [7, 11) is 1.57. The second-order valence-electron chi connectivity index (χ2n) is 13.1. The minimum absolute atomic E-state index is 0.0569. The molecule has 1 aromatic heterocycles. The summed E-state index contributed by atoms with van der Waals surface area (Å²) in [4.78, 5) is 57.0. The maximum Gasteiger partial charge on any atom is 0.246 e. The molecule has 278 valence electrons. The number of amides is 4. The second kappa shape index (κ2) is 17.3. The number of anilines is 1. The lowest BCUT2D eigenvalue weighted by Crippen LogP contribution is -2.56. The minimum Gasteiger partial charge on any atom is -0.497 e. The van der Waals surface area contributed by atoms with Crippen molar-refractivity contribution >= 4 is 57.6 Å². The predicted molar refractivity (Wildman–Crippen MR) is 200 cm³/mol. The number of methoxy groups -OCH3 is 1. The molecule has 0 bridgehead atoms. The Hall–Kier alpha value is -5.57. The number of thiocarbonyl (C=S) groups is 1. The lowest BCUT2D eigenvalue weighted by atomic mass is 9.91. The molecule has 0 aliphatic carbocycles. The van der Waals surface area contributed by atoms with Crippen LogP contribution in [0.5, 0.6) is 5.75 Å². The van der Waals surface area contributed by atoms with Crippen LogP contribution in [0.2, 0.25) is 0 Å². The van der Waals surface area contributed by atoms with Crippen LogP contribution in [0.4, 0.5) is 10.1 Å². The highest BCUT2D eigenvalue weighted by atomic mass is 32.1. The number of piperidine rings is 1. The number of carbonyl (C=O) groups excluding carboxylic acids is 4. The molecule has 2 aliphatic rings. The molecule has 2 fully saturated rings. The molecule has 3 aromatic carbocycles. The summed E-state index contributed by atoms with van der Waals surface area (Å²) in [6, 6.07) is 19.2. The number of benzene rings is 3. The lowest BCUT2D eigenvalue weighted by Gasteiger charge is -2.36. The standard InChI is InChI=1S/C38H42FN7O6S/c1-51-28-12-10-27(11-13-28)42-38(53)41-22-33(47)40-23-34(48)43-30(20-24-6-3-2-4-7-24)36(49)46-17-5-8-31(46)37(50)45-18-15-25(16-19-45)35-29-14-9-26(39)21-32(29)52-44-35/h2-4,6-7,9-14,21,25,30-31H,5,8,15-20,22-23H2,1H3,(H,40,47)(H,43,48)(H2,41,42,53)/t30-,31-/m0/s1. The maximum atomic E-state index is 14.1. The van der Waals surface area contributed by atoms with Crippen molar-refractivity contribution in [3.8, 4) is 5.75 Å². The van der Waals surface area contributed by atoms with Crippen molar-refractivity contribution in [2.45, 2.75) is 50.1 Å². The topological polar surface area (TPSA) is 158 Å². The number of rotatable bonds is 12. The number of aromatic nitrogens is 1. The third-order valence-corrected chi connectivity index (χ3v) is 9.84. The highest BCUT2D eigenvalue weighted by molar-refractivity contribution is 7.80. The van der Waals surface area contributed by atoms with E-state index in [1.807, 2.05) is 30.3 Å². The maximum absolute atomic E-state index is 14.1. The lowest BCUT2D eigenvalue weighted by molar-refractivity contribution is -0.146. The molecular formula is C38H42FN7O6S. The molecule has 2 saturated heterocycles. The van der Waals surface area contributed by atoms with E-state index in [0.29, 0.717) is 62.3 Å². The smallest absolute Gasteiger partial charge is 0.246 e. The van der Waals surface area contributed by atoms with E-state index in [2.05, 4.69) is 26.4 Å². The summed E-state index contributed by atoms with van der Waals surface area (Å²) in [5, 5.41) is 16.3. The van der Waals surface area contributed by atoms with Gasteiger partial charge in [0.05, 0.1) is 25.9 Å². The number of carbonyl (C=O) groups is 4. The average molecular weight is 744 g/mol. The van der Waals surface area contributed by atoms with E-state index in [9.17, 15) is 23.6 Å². The molecule has 0 radical (unpaired) electrons. The zero-order chi connectivity index (χ0) is 37.3. The van der Waals surface area contributed by atoms with Gasteiger partial charge in [0.15, 0.2) is 10.7 Å². The highest BCUT2D eigenvalue weighted by Crippen LogP contribution is 2.34. The van der Waals surface area contributed by atoms with Crippen LogP contribution >= 0.6 is 12.2 Å². The molecule has 4 amide bonds. The van der Waals surface area contributed by atoms with E-state index in [1.165, 1.54) is 12.1 Å². The fraction of sp³-hybridized carbons (Fsp3) is 0.368. The summed E-state index contributed by atoms with van der Waals surface area (Å²) < 4.78 is 24.2. The molecule has 6 rings (SSSR count). The Morgan fingerprint density at radius 1 is 0.943 bits per heavy atom. The normalized spacial score (nSPS) is 16.5. The number of ether oxygens (including phenoxy) is 1. The first-order valence-electron chi connectivity index (χ1n) is 17.6. The molecule has 2 aliphatic heterocycles. The Morgan fingerprint density at radius 3 is 2.42 bits per heavy atom. The number of fused-ring (bicyclic) bond motifs is 1. The molecular weight excluding hydrogens is 702 g/mol. The van der Waals surface area contributed by atoms with Gasteiger partial charge in [0, 0.05) is 49.1 Å². The number of nitrogens with zero attached hydrogens (tertiary/aromatic N) is 3. The van der Waals surface area contributed by atoms with Crippen LogP contribution in [0, 0.1) is 5.82 Å². The molecule has 53 heavy (non-hydrogen) atoms. The molecule has 13 nitrogen and oxygen atoms in total. The van der Waals surface area contributed by atoms with Crippen LogP contribution in [-0.4, -0.2) is 95.6 Å². The molecule has 4 aromatic rings. The van der Waals surface area contributed by atoms with E-state index >= 15 is 0 Å². The molecule has 0 spiro atoms. The monoisotopic (exact) mass is 743 g/mol. The summed E-state index contributed by atoms with van der Waals surface area (Å²) in [5.41, 5.74) is 2.71. The van der Waals surface area contributed by atoms with Crippen molar-refractivity contribution in [3.63, 3.8) is 0 Å². The van der Waals surface area contributed by atoms with Crippen LogP contribution in [0.1, 0.15) is 42.9 Å². The molecule has 3 heterocycles. The second-order valence-corrected chi connectivity index (χ2v) is 13.5. The number of hydrogen-bond donors (Lipinski definition) is 4. The minimum atomic E-state index is -0.953. The zero-order valence-corrected chi connectivity index (χ0v) is 30.1. The van der Waals surface area contributed by atoms with Crippen molar-refractivity contribution in [2.24, 2.45) is 0 Å². The van der Waals surface area contributed by atoms with E-state index in [4.69, 9.17) is 21.5 Å². The Labute approximate surface area is 311 Å². The van der Waals surface area contributed by atoms with Gasteiger partial charge in [-0.2, -0.15) is 0 Å². The van der Waals surface area contributed by atoms with Gasteiger partial charge >= 0.3 is 0 Å². The van der Waals surface area contributed by atoms with Gasteiger partial charge in [0.25, 0.3) is 0 Å². The fourth-order valence-corrected chi connectivity index (χ4v) is 7.03. The number of halogens is 1. The van der Waals surface area contributed by atoms with Crippen molar-refractivity contribution < 1.29 is 32.8 Å². The fourth-order valence-electron chi connectivity index (χ4n) is 6.84. The van der Waals surface area contributed by atoms with Gasteiger partial charge in [-0.25, -0.2) is 4.39 Å². The zero-order valence-electron chi connectivity index (χ0n) is 29.3. The van der Waals surface area contributed by atoms with Crippen molar-refractivity contribution in [1.29, 1.82) is 0 Å². The first kappa shape index (κ1) is 37.2. The Kier molecular flexibility index (Phi) is 12.1. The van der Waals surface area contributed by atoms with Crippen LogP contribution in [-0.2, 0) is 25.6 Å². The largest absolute Gasteiger partial charge is 0.497 e. The van der Waals surface area contributed by atoms with E-state index in [0.717, 1.165) is 16.6 Å². The number of likely N-dealkylation sites (tertiary alicyclic amines) is 2. The van der Waals surface area contributed by atoms with Gasteiger partial charge < -0.3 is 40.3 Å². The summed E-state index contributed by atoms with van der Waals surface area (Å²) in [6.07, 6.45) is 2.71. The summed E-state index contributed by atoms with van der Waals surface area (Å²) in [6.45, 7) is 0.828. The Bertz CT molecular complexity index is 1930. The van der Waals surface area contributed by atoms with E-state index in [-0.39, 0.29) is 42.4 Å². The molecule has 15 heteroatoms. The van der Waals surface area contributed by atoms with Crippen LogP contribution in [0.25, 0.3) is 11.0 Å². The van der Waals surface area contributed by atoms with Crippen LogP contribution in [0.3, 0.4) is 0 Å². The number of hydrogen-bond acceptors (Lipinski definition) is 8. The first-order valence-corrected chi connectivity index (χ1v) is 18.0. The molecule has 2 atom stereocenters. The quantitative estimate of drug-likeness (QED) is 0.158. The van der Waals surface area contributed by atoms with Gasteiger partial charge in [-0.3, -0.25) is 19.2 Å².